The maximum Gasteiger partial charge on any atom is 0.341 e. The summed E-state index contributed by atoms with van der Waals surface area (Å²) in [4.78, 5) is 14.6. The molecule has 0 aliphatic carbocycles. The number of pyridine rings is 1. The Morgan fingerprint density at radius 1 is 1.40 bits per heavy atom. The SMILES string of the molecule is O=C(O)c1cnoc1-c1ccc(Cl)nc1. The summed E-state index contributed by atoms with van der Waals surface area (Å²) < 4.78 is 4.84. The second-order valence-corrected chi connectivity index (χ2v) is 3.13. The van der Waals surface area contributed by atoms with Crippen molar-refractivity contribution >= 4 is 17.6 Å². The van der Waals surface area contributed by atoms with Crippen molar-refractivity contribution in [1.82, 2.24) is 10.1 Å². The van der Waals surface area contributed by atoms with E-state index in [1.54, 1.807) is 12.1 Å². The lowest BCUT2D eigenvalue weighted by molar-refractivity contribution is 0.0697. The van der Waals surface area contributed by atoms with Gasteiger partial charge < -0.3 is 9.63 Å². The molecule has 5 nitrogen and oxygen atoms in total. The summed E-state index contributed by atoms with van der Waals surface area (Å²) in [7, 11) is 0. The van der Waals surface area contributed by atoms with E-state index in [-0.39, 0.29) is 11.3 Å². The third-order valence-corrected chi connectivity index (χ3v) is 2.01. The molecule has 0 unspecified atom stereocenters. The highest BCUT2D eigenvalue weighted by molar-refractivity contribution is 6.29. The molecule has 0 aliphatic heterocycles. The van der Waals surface area contributed by atoms with Crippen LogP contribution in [0.25, 0.3) is 11.3 Å². The van der Waals surface area contributed by atoms with Crippen LogP contribution in [-0.2, 0) is 0 Å². The summed E-state index contributed by atoms with van der Waals surface area (Å²) in [5, 5.41) is 12.6. The van der Waals surface area contributed by atoms with Crippen LogP contribution in [0.4, 0.5) is 0 Å². The molecule has 0 bridgehead atoms. The Balaban J connectivity index is 2.49. The lowest BCUT2D eigenvalue weighted by atomic mass is 10.1. The van der Waals surface area contributed by atoms with Gasteiger partial charge in [-0.25, -0.2) is 9.78 Å². The average Bonchev–Trinajstić information content (AvgIpc) is 2.67. The van der Waals surface area contributed by atoms with Crippen molar-refractivity contribution in [3.8, 4) is 11.3 Å². The standard InChI is InChI=1S/C9H5ClN2O3/c10-7-2-1-5(3-11-7)8-6(9(13)14)4-12-15-8/h1-4H,(H,13,14). The number of carboxylic acid groups (broad SMARTS) is 1. The minimum absolute atomic E-state index is 0.000813. The molecule has 0 radical (unpaired) electrons. The van der Waals surface area contributed by atoms with Gasteiger partial charge in [0.2, 0.25) is 0 Å². The molecule has 0 aromatic carbocycles. The Bertz CT molecular complexity index is 492. The number of carbonyl (C=O) groups is 1. The molecule has 0 aliphatic rings. The van der Waals surface area contributed by atoms with Gasteiger partial charge in [-0.15, -0.1) is 0 Å². The van der Waals surface area contributed by atoms with E-state index in [1.807, 2.05) is 0 Å². The lowest BCUT2D eigenvalue weighted by Gasteiger charge is -1.96. The largest absolute Gasteiger partial charge is 0.477 e. The molecule has 0 fully saturated rings. The van der Waals surface area contributed by atoms with Crippen LogP contribution < -0.4 is 0 Å². The molecular formula is C9H5ClN2O3. The summed E-state index contributed by atoms with van der Waals surface area (Å²) in [6.07, 6.45) is 2.57. The minimum atomic E-state index is -1.10. The van der Waals surface area contributed by atoms with Crippen LogP contribution in [0.15, 0.2) is 29.0 Å². The topological polar surface area (TPSA) is 76.2 Å². The number of hydrogen-bond donors (Lipinski definition) is 1. The maximum absolute atomic E-state index is 10.8. The first-order valence-electron chi connectivity index (χ1n) is 3.98. The van der Waals surface area contributed by atoms with Gasteiger partial charge in [-0.1, -0.05) is 16.8 Å². The number of hydrogen-bond acceptors (Lipinski definition) is 4. The first-order chi connectivity index (χ1) is 7.18. The van der Waals surface area contributed by atoms with E-state index >= 15 is 0 Å². The van der Waals surface area contributed by atoms with E-state index in [0.29, 0.717) is 10.7 Å². The van der Waals surface area contributed by atoms with Crippen molar-refractivity contribution < 1.29 is 14.4 Å². The van der Waals surface area contributed by atoms with E-state index < -0.39 is 5.97 Å². The van der Waals surface area contributed by atoms with E-state index in [0.717, 1.165) is 6.20 Å². The molecule has 1 N–H and O–H groups in total. The summed E-state index contributed by atoms with van der Waals surface area (Å²) in [5.41, 5.74) is 0.522. The summed E-state index contributed by atoms with van der Waals surface area (Å²) in [6.45, 7) is 0. The van der Waals surface area contributed by atoms with Gasteiger partial charge in [0, 0.05) is 11.8 Å². The Labute approximate surface area is 89.3 Å². The molecule has 0 saturated carbocycles. The van der Waals surface area contributed by atoms with Crippen LogP contribution >= 0.6 is 11.6 Å². The van der Waals surface area contributed by atoms with Crippen molar-refractivity contribution in [2.75, 3.05) is 0 Å². The predicted molar refractivity (Wildman–Crippen MR) is 51.7 cm³/mol. The molecule has 15 heavy (non-hydrogen) atoms. The molecule has 76 valence electrons. The summed E-state index contributed by atoms with van der Waals surface area (Å²) in [5.74, 6) is -0.923. The normalized spacial score (nSPS) is 10.2. The van der Waals surface area contributed by atoms with Gasteiger partial charge in [-0.2, -0.15) is 0 Å². The van der Waals surface area contributed by atoms with Crippen molar-refractivity contribution in [1.29, 1.82) is 0 Å². The van der Waals surface area contributed by atoms with Crippen LogP contribution in [0.1, 0.15) is 10.4 Å². The average molecular weight is 225 g/mol. The first kappa shape index (κ1) is 9.67. The van der Waals surface area contributed by atoms with Gasteiger partial charge in [-0.05, 0) is 12.1 Å². The molecule has 0 saturated heterocycles. The van der Waals surface area contributed by atoms with Gasteiger partial charge in [0.15, 0.2) is 5.76 Å². The maximum atomic E-state index is 10.8. The van der Waals surface area contributed by atoms with Gasteiger partial charge in [0.05, 0.1) is 6.20 Å². The second kappa shape index (κ2) is 3.70. The van der Waals surface area contributed by atoms with Gasteiger partial charge >= 0.3 is 5.97 Å². The van der Waals surface area contributed by atoms with Crippen LogP contribution in [0.3, 0.4) is 0 Å². The van der Waals surface area contributed by atoms with Gasteiger partial charge in [0.25, 0.3) is 0 Å². The zero-order chi connectivity index (χ0) is 10.8. The highest BCUT2D eigenvalue weighted by Gasteiger charge is 2.16. The molecule has 2 aromatic heterocycles. The number of aromatic carboxylic acids is 1. The molecule has 2 heterocycles. The summed E-state index contributed by atoms with van der Waals surface area (Å²) in [6, 6.07) is 3.16. The van der Waals surface area contributed by atoms with E-state index in [2.05, 4.69) is 10.1 Å². The molecule has 0 spiro atoms. The molecule has 0 amide bonds. The van der Waals surface area contributed by atoms with Crippen molar-refractivity contribution in [2.24, 2.45) is 0 Å². The number of aromatic nitrogens is 2. The molecule has 0 atom stereocenters. The van der Waals surface area contributed by atoms with E-state index in [4.69, 9.17) is 21.2 Å². The fourth-order valence-corrected chi connectivity index (χ4v) is 1.22. The smallest absolute Gasteiger partial charge is 0.341 e. The third-order valence-electron chi connectivity index (χ3n) is 1.79. The van der Waals surface area contributed by atoms with E-state index in [9.17, 15) is 4.79 Å². The first-order valence-corrected chi connectivity index (χ1v) is 4.36. The molecule has 6 heteroatoms. The number of halogens is 1. The zero-order valence-electron chi connectivity index (χ0n) is 7.35. The van der Waals surface area contributed by atoms with Crippen LogP contribution in [0, 0.1) is 0 Å². The van der Waals surface area contributed by atoms with Crippen molar-refractivity contribution in [3.63, 3.8) is 0 Å². The Morgan fingerprint density at radius 2 is 2.20 bits per heavy atom. The van der Waals surface area contributed by atoms with Crippen molar-refractivity contribution in [3.05, 3.63) is 35.2 Å². The molecular weight excluding hydrogens is 220 g/mol. The zero-order valence-corrected chi connectivity index (χ0v) is 8.10. The number of carboxylic acids is 1. The van der Waals surface area contributed by atoms with Crippen LogP contribution in [0.2, 0.25) is 5.15 Å². The van der Waals surface area contributed by atoms with Crippen LogP contribution in [0.5, 0.6) is 0 Å². The van der Waals surface area contributed by atoms with Gasteiger partial charge in [-0.3, -0.25) is 0 Å². The highest BCUT2D eigenvalue weighted by atomic mass is 35.5. The van der Waals surface area contributed by atoms with Crippen molar-refractivity contribution in [2.45, 2.75) is 0 Å². The lowest BCUT2D eigenvalue weighted by Crippen LogP contribution is -1.95. The highest BCUT2D eigenvalue weighted by Crippen LogP contribution is 2.23. The Morgan fingerprint density at radius 3 is 2.80 bits per heavy atom. The molecule has 2 aromatic rings. The Kier molecular flexibility index (Phi) is 2.39. The fourth-order valence-electron chi connectivity index (χ4n) is 1.11. The summed E-state index contributed by atoms with van der Waals surface area (Å²) >= 11 is 5.60. The minimum Gasteiger partial charge on any atom is -0.477 e. The van der Waals surface area contributed by atoms with Gasteiger partial charge in [0.1, 0.15) is 10.7 Å². The monoisotopic (exact) mass is 224 g/mol. The molecule has 2 rings (SSSR count). The quantitative estimate of drug-likeness (QED) is 0.791. The fraction of sp³-hybridized carbons (Fsp3) is 0. The third kappa shape index (κ3) is 1.82. The number of nitrogens with zero attached hydrogens (tertiary/aromatic N) is 2. The van der Waals surface area contributed by atoms with Crippen LogP contribution in [-0.4, -0.2) is 21.2 Å². The Hall–Kier alpha value is -1.88. The second-order valence-electron chi connectivity index (χ2n) is 2.74. The van der Waals surface area contributed by atoms with E-state index in [1.165, 1.54) is 6.20 Å². The predicted octanol–water partition coefficient (Wildman–Crippen LogP) is 2.09. The number of rotatable bonds is 2.